The average molecular weight is 384 g/mol. The van der Waals surface area contributed by atoms with Gasteiger partial charge in [-0.15, -0.1) is 0 Å². The monoisotopic (exact) mass is 384 g/mol. The molecule has 2 aromatic rings. The van der Waals surface area contributed by atoms with Crippen LogP contribution in [0, 0.1) is 0 Å². The molecular formula is C17H19F3N4O3. The quantitative estimate of drug-likeness (QED) is 0.769. The van der Waals surface area contributed by atoms with E-state index >= 15 is 0 Å². The van der Waals surface area contributed by atoms with Crippen molar-refractivity contribution in [2.45, 2.75) is 19.5 Å². The van der Waals surface area contributed by atoms with Gasteiger partial charge in [0, 0.05) is 19.2 Å². The molecule has 0 spiro atoms. The Hall–Kier alpha value is -3.04. The molecule has 7 nitrogen and oxygen atoms in total. The number of benzene rings is 1. The highest BCUT2D eigenvalue weighted by molar-refractivity contribution is 6.08. The summed E-state index contributed by atoms with van der Waals surface area (Å²) in [6, 6.07) is 5.33. The van der Waals surface area contributed by atoms with E-state index in [1.165, 1.54) is 35.1 Å². The summed E-state index contributed by atoms with van der Waals surface area (Å²) in [6.07, 6.45) is -2.41. The number of halogens is 3. The number of anilines is 1. The number of alkyl halides is 3. The fourth-order valence-corrected chi connectivity index (χ4v) is 2.21. The summed E-state index contributed by atoms with van der Waals surface area (Å²) in [5, 5.41) is 9.19. The molecule has 146 valence electrons. The fraction of sp³-hybridized carbons (Fsp3) is 0.353. The summed E-state index contributed by atoms with van der Waals surface area (Å²) in [5.41, 5.74) is 0.442. The van der Waals surface area contributed by atoms with Gasteiger partial charge in [0.25, 0.3) is 11.8 Å². The topological polar surface area (TPSA) is 85.2 Å². The number of amides is 2. The highest BCUT2D eigenvalue weighted by Gasteiger charge is 2.28. The minimum Gasteiger partial charge on any atom is -0.484 e. The number of carbonyl (C=O) groups excluding carboxylic acids is 2. The van der Waals surface area contributed by atoms with E-state index in [0.29, 0.717) is 6.54 Å². The zero-order valence-electron chi connectivity index (χ0n) is 14.8. The molecule has 1 aromatic heterocycles. The molecule has 0 fully saturated rings. The van der Waals surface area contributed by atoms with Crippen molar-refractivity contribution in [1.82, 2.24) is 15.1 Å². The molecule has 0 saturated carbocycles. The molecule has 0 radical (unpaired) electrons. The van der Waals surface area contributed by atoms with Crippen molar-refractivity contribution in [2.75, 3.05) is 18.5 Å². The lowest BCUT2D eigenvalue weighted by Gasteiger charge is -2.11. The van der Waals surface area contributed by atoms with Crippen LogP contribution in [-0.2, 0) is 7.05 Å². The Labute approximate surface area is 153 Å². The van der Waals surface area contributed by atoms with E-state index in [1.54, 1.807) is 7.05 Å². The van der Waals surface area contributed by atoms with Gasteiger partial charge in [0.1, 0.15) is 11.4 Å². The standard InChI is InChI=1S/C17H19F3N4O3/c1-3-7-21-16(26)14-13(9-22-24(14)2)23-15(25)11-5-4-6-12(8-11)27-10-17(18,19)20/h4-6,8-9H,3,7,10H2,1-2H3,(H,21,26)(H,23,25). The van der Waals surface area contributed by atoms with Crippen LogP contribution in [0.15, 0.2) is 30.5 Å². The summed E-state index contributed by atoms with van der Waals surface area (Å²) < 4.78 is 42.7. The van der Waals surface area contributed by atoms with Crippen molar-refractivity contribution in [1.29, 1.82) is 0 Å². The molecule has 0 saturated heterocycles. The van der Waals surface area contributed by atoms with Gasteiger partial charge in [-0.1, -0.05) is 13.0 Å². The van der Waals surface area contributed by atoms with Crippen LogP contribution in [0.2, 0.25) is 0 Å². The van der Waals surface area contributed by atoms with Gasteiger partial charge in [0.2, 0.25) is 0 Å². The van der Waals surface area contributed by atoms with Crippen LogP contribution in [0.1, 0.15) is 34.2 Å². The summed E-state index contributed by atoms with van der Waals surface area (Å²) >= 11 is 0. The molecule has 2 rings (SSSR count). The molecule has 10 heteroatoms. The molecule has 0 atom stereocenters. The zero-order chi connectivity index (χ0) is 20.0. The molecule has 27 heavy (non-hydrogen) atoms. The number of nitrogens with zero attached hydrogens (tertiary/aromatic N) is 2. The molecule has 0 unspecified atom stereocenters. The summed E-state index contributed by atoms with van der Waals surface area (Å²) in [6.45, 7) is 0.915. The lowest BCUT2D eigenvalue weighted by molar-refractivity contribution is -0.153. The van der Waals surface area contributed by atoms with Gasteiger partial charge in [0.15, 0.2) is 6.61 Å². The first-order valence-corrected chi connectivity index (χ1v) is 8.12. The van der Waals surface area contributed by atoms with Gasteiger partial charge in [-0.25, -0.2) is 0 Å². The van der Waals surface area contributed by atoms with Crippen molar-refractivity contribution < 1.29 is 27.5 Å². The number of aryl methyl sites for hydroxylation is 1. The van der Waals surface area contributed by atoms with Crippen LogP contribution in [-0.4, -0.2) is 40.9 Å². The maximum atomic E-state index is 12.4. The normalized spacial score (nSPS) is 11.1. The number of hydrogen-bond acceptors (Lipinski definition) is 4. The van der Waals surface area contributed by atoms with Crippen molar-refractivity contribution >= 4 is 17.5 Å². The second kappa shape index (κ2) is 8.56. The van der Waals surface area contributed by atoms with Crippen molar-refractivity contribution in [3.8, 4) is 5.75 Å². The lowest BCUT2D eigenvalue weighted by atomic mass is 10.2. The second-order valence-electron chi connectivity index (χ2n) is 5.67. The van der Waals surface area contributed by atoms with E-state index in [1.807, 2.05) is 6.92 Å². The Bertz CT molecular complexity index is 818. The van der Waals surface area contributed by atoms with Crippen LogP contribution < -0.4 is 15.4 Å². The first-order chi connectivity index (χ1) is 12.7. The Morgan fingerprint density at radius 1 is 1.26 bits per heavy atom. The second-order valence-corrected chi connectivity index (χ2v) is 5.67. The van der Waals surface area contributed by atoms with Crippen LogP contribution in [0.3, 0.4) is 0 Å². The molecule has 2 N–H and O–H groups in total. The van der Waals surface area contributed by atoms with Gasteiger partial charge in [0.05, 0.1) is 11.9 Å². The van der Waals surface area contributed by atoms with Crippen molar-refractivity contribution in [2.24, 2.45) is 7.05 Å². The van der Waals surface area contributed by atoms with Crippen LogP contribution in [0.25, 0.3) is 0 Å². The Kier molecular flexibility index (Phi) is 6.43. The predicted molar refractivity (Wildman–Crippen MR) is 91.8 cm³/mol. The number of carbonyl (C=O) groups is 2. The SMILES string of the molecule is CCCNC(=O)c1c(NC(=O)c2cccc(OCC(F)(F)F)c2)cnn1C. The molecule has 1 aromatic carbocycles. The fourth-order valence-electron chi connectivity index (χ4n) is 2.21. The van der Waals surface area contributed by atoms with Crippen LogP contribution in [0.4, 0.5) is 18.9 Å². The Morgan fingerprint density at radius 2 is 2.00 bits per heavy atom. The van der Waals surface area contributed by atoms with E-state index in [-0.39, 0.29) is 22.7 Å². The molecule has 1 heterocycles. The third kappa shape index (κ3) is 5.73. The first-order valence-electron chi connectivity index (χ1n) is 8.12. The zero-order valence-corrected chi connectivity index (χ0v) is 14.8. The van der Waals surface area contributed by atoms with Crippen LogP contribution >= 0.6 is 0 Å². The Morgan fingerprint density at radius 3 is 2.67 bits per heavy atom. The highest BCUT2D eigenvalue weighted by atomic mass is 19.4. The molecular weight excluding hydrogens is 365 g/mol. The maximum absolute atomic E-state index is 12.4. The third-order valence-electron chi connectivity index (χ3n) is 3.44. The summed E-state index contributed by atoms with van der Waals surface area (Å²) in [5.74, 6) is -1.09. The minimum absolute atomic E-state index is 0.0819. The highest BCUT2D eigenvalue weighted by Crippen LogP contribution is 2.21. The number of hydrogen-bond donors (Lipinski definition) is 2. The number of ether oxygens (including phenoxy) is 1. The largest absolute Gasteiger partial charge is 0.484 e. The summed E-state index contributed by atoms with van der Waals surface area (Å²) in [7, 11) is 1.56. The summed E-state index contributed by atoms with van der Waals surface area (Å²) in [4.78, 5) is 24.6. The molecule has 0 aliphatic carbocycles. The Balaban J connectivity index is 2.13. The van der Waals surface area contributed by atoms with E-state index in [0.717, 1.165) is 6.42 Å². The van der Waals surface area contributed by atoms with Gasteiger partial charge in [-0.2, -0.15) is 18.3 Å². The van der Waals surface area contributed by atoms with Crippen LogP contribution in [0.5, 0.6) is 5.75 Å². The minimum atomic E-state index is -4.48. The maximum Gasteiger partial charge on any atom is 0.422 e. The van der Waals surface area contributed by atoms with Crippen molar-refractivity contribution in [3.05, 3.63) is 41.7 Å². The van der Waals surface area contributed by atoms with Crippen molar-refractivity contribution in [3.63, 3.8) is 0 Å². The van der Waals surface area contributed by atoms with E-state index in [4.69, 9.17) is 0 Å². The van der Waals surface area contributed by atoms with E-state index in [2.05, 4.69) is 20.5 Å². The number of rotatable bonds is 7. The number of aromatic nitrogens is 2. The molecule has 2 amide bonds. The van der Waals surface area contributed by atoms with Gasteiger partial charge < -0.3 is 15.4 Å². The third-order valence-corrected chi connectivity index (χ3v) is 3.44. The first kappa shape index (κ1) is 20.3. The predicted octanol–water partition coefficient (Wildman–Crippen LogP) is 2.75. The van der Waals surface area contributed by atoms with Gasteiger partial charge in [-0.05, 0) is 24.6 Å². The smallest absolute Gasteiger partial charge is 0.422 e. The van der Waals surface area contributed by atoms with Gasteiger partial charge in [-0.3, -0.25) is 14.3 Å². The average Bonchev–Trinajstić information content (AvgIpc) is 2.98. The lowest BCUT2D eigenvalue weighted by Crippen LogP contribution is -2.27. The molecule has 0 aliphatic rings. The molecule has 0 bridgehead atoms. The van der Waals surface area contributed by atoms with E-state index < -0.39 is 24.6 Å². The molecule has 0 aliphatic heterocycles. The van der Waals surface area contributed by atoms with E-state index in [9.17, 15) is 22.8 Å². The number of nitrogens with one attached hydrogen (secondary N) is 2. The van der Waals surface area contributed by atoms with Gasteiger partial charge >= 0.3 is 6.18 Å².